The lowest BCUT2D eigenvalue weighted by Crippen LogP contribution is -2.39. The number of likely N-dealkylation sites (tertiary alicyclic amines) is 1. The largest absolute Gasteiger partial charge is 0.433 e. The number of aromatic nitrogens is 2. The van der Waals surface area contributed by atoms with Gasteiger partial charge in [-0.3, -0.25) is 14.3 Å². The Morgan fingerprint density at radius 2 is 1.79 bits per heavy atom. The van der Waals surface area contributed by atoms with Gasteiger partial charge in [-0.15, -0.1) is 0 Å². The summed E-state index contributed by atoms with van der Waals surface area (Å²) in [5, 5.41) is 4.95. The molecule has 5 rings (SSSR count). The van der Waals surface area contributed by atoms with Crippen LogP contribution in [0.15, 0.2) is 42.6 Å². The summed E-state index contributed by atoms with van der Waals surface area (Å²) in [5.41, 5.74) is 2.67. The van der Waals surface area contributed by atoms with Gasteiger partial charge in [0.15, 0.2) is 5.78 Å². The molecule has 2 fully saturated rings. The third-order valence-electron chi connectivity index (χ3n) is 7.50. The van der Waals surface area contributed by atoms with E-state index in [2.05, 4.69) is 17.2 Å². The lowest BCUT2D eigenvalue weighted by molar-refractivity contribution is -0.0491. The Labute approximate surface area is 220 Å². The number of alkyl halides is 2. The summed E-state index contributed by atoms with van der Waals surface area (Å²) in [6, 6.07) is 11.2. The molecule has 9 heteroatoms. The van der Waals surface area contributed by atoms with Crippen LogP contribution in [0.1, 0.15) is 70.7 Å². The van der Waals surface area contributed by atoms with Crippen molar-refractivity contribution in [3.8, 4) is 5.75 Å². The van der Waals surface area contributed by atoms with Gasteiger partial charge >= 0.3 is 6.61 Å². The van der Waals surface area contributed by atoms with Crippen molar-refractivity contribution in [3.05, 3.63) is 59.3 Å². The number of piperidine rings is 1. The van der Waals surface area contributed by atoms with Crippen LogP contribution in [-0.2, 0) is 11.3 Å². The zero-order valence-electron chi connectivity index (χ0n) is 21.6. The number of nitrogens with zero attached hydrogens (tertiary/aromatic N) is 3. The topological polar surface area (TPSA) is 73.7 Å². The molecular weight excluding hydrogens is 492 g/mol. The number of methoxy groups -OCH3 is 1. The first kappa shape index (κ1) is 26.3. The second-order valence-corrected chi connectivity index (χ2v) is 10.3. The fourth-order valence-corrected chi connectivity index (χ4v) is 5.24. The highest BCUT2D eigenvalue weighted by Crippen LogP contribution is 2.40. The number of hydrogen-bond acceptors (Lipinski definition) is 5. The van der Waals surface area contributed by atoms with Gasteiger partial charge in [-0.2, -0.15) is 13.9 Å². The van der Waals surface area contributed by atoms with Crippen LogP contribution in [0.3, 0.4) is 0 Å². The molecule has 1 amide bonds. The molecule has 0 bridgehead atoms. The third kappa shape index (κ3) is 6.04. The van der Waals surface area contributed by atoms with Crippen molar-refractivity contribution in [2.45, 2.75) is 57.6 Å². The van der Waals surface area contributed by atoms with Crippen molar-refractivity contribution in [1.82, 2.24) is 14.7 Å². The van der Waals surface area contributed by atoms with E-state index in [-0.39, 0.29) is 29.4 Å². The van der Waals surface area contributed by atoms with Crippen molar-refractivity contribution in [1.29, 1.82) is 0 Å². The van der Waals surface area contributed by atoms with Crippen molar-refractivity contribution >= 4 is 22.6 Å². The Morgan fingerprint density at radius 1 is 1.05 bits per heavy atom. The zero-order chi connectivity index (χ0) is 26.6. The molecule has 0 unspecified atom stereocenters. The van der Waals surface area contributed by atoms with E-state index in [1.807, 2.05) is 17.0 Å². The van der Waals surface area contributed by atoms with E-state index in [0.29, 0.717) is 55.4 Å². The number of hydrogen-bond donors (Lipinski definition) is 0. The van der Waals surface area contributed by atoms with Gasteiger partial charge in [0.2, 0.25) is 0 Å². The highest BCUT2D eigenvalue weighted by atomic mass is 19.3. The predicted octanol–water partition coefficient (Wildman–Crippen LogP) is 5.68. The maximum atomic E-state index is 13.2. The summed E-state index contributed by atoms with van der Waals surface area (Å²) in [5.74, 6) is 0.623. The summed E-state index contributed by atoms with van der Waals surface area (Å²) in [6.07, 6.45) is 6.47. The molecule has 1 aliphatic carbocycles. The quantitative estimate of drug-likeness (QED) is 0.238. The lowest BCUT2D eigenvalue weighted by atomic mass is 9.96. The van der Waals surface area contributed by atoms with Gasteiger partial charge in [-0.25, -0.2) is 0 Å². The molecule has 2 aliphatic rings. The minimum absolute atomic E-state index is 0.0621. The van der Waals surface area contributed by atoms with Crippen molar-refractivity contribution < 1.29 is 27.8 Å². The SMILES string of the molecule is COCCCC(=O)c1ccc2nn(CC3CCN(C(=O)c4ccc(C5CC5)cc4)CC3)cc2c1OC(F)F. The Hall–Kier alpha value is -3.33. The highest BCUT2D eigenvalue weighted by molar-refractivity contribution is 6.04. The first-order chi connectivity index (χ1) is 18.4. The molecule has 1 saturated carbocycles. The summed E-state index contributed by atoms with van der Waals surface area (Å²) in [7, 11) is 1.55. The maximum Gasteiger partial charge on any atom is 0.387 e. The molecule has 0 radical (unpaired) electrons. The van der Waals surface area contributed by atoms with Crippen molar-refractivity contribution in [2.75, 3.05) is 26.8 Å². The molecule has 38 heavy (non-hydrogen) atoms. The predicted molar refractivity (Wildman–Crippen MR) is 139 cm³/mol. The van der Waals surface area contributed by atoms with Crippen LogP contribution >= 0.6 is 0 Å². The van der Waals surface area contributed by atoms with Gasteiger partial charge in [0.25, 0.3) is 5.91 Å². The first-order valence-electron chi connectivity index (χ1n) is 13.3. The molecule has 3 aromatic rings. The van der Waals surface area contributed by atoms with Crippen LogP contribution < -0.4 is 4.74 Å². The Morgan fingerprint density at radius 3 is 2.45 bits per heavy atom. The molecular formula is C29H33F2N3O4. The molecule has 2 heterocycles. The number of Topliss-reactive ketones (excluding diaryl/α,β-unsaturated/α-hetero) is 1. The van der Waals surface area contributed by atoms with Gasteiger partial charge in [-0.05, 0) is 73.8 Å². The van der Waals surface area contributed by atoms with Gasteiger partial charge < -0.3 is 14.4 Å². The Kier molecular flexibility index (Phi) is 8.02. The van der Waals surface area contributed by atoms with E-state index < -0.39 is 6.61 Å². The monoisotopic (exact) mass is 525 g/mol. The van der Waals surface area contributed by atoms with E-state index in [9.17, 15) is 18.4 Å². The standard InChI is InChI=1S/C29H33F2N3O4/c1-37-16-2-3-26(35)23-10-11-25-24(27(23)38-29(30)31)18-34(32-25)17-19-12-14-33(15-13-19)28(36)22-8-6-21(7-9-22)20-4-5-20/h6-11,18-20,29H,2-5,12-17H2,1H3. The van der Waals surface area contributed by atoms with Crippen molar-refractivity contribution in [3.63, 3.8) is 0 Å². The average molecular weight is 526 g/mol. The summed E-state index contributed by atoms with van der Waals surface area (Å²) in [6.45, 7) is -0.726. The minimum atomic E-state index is -3.05. The Balaban J connectivity index is 1.23. The van der Waals surface area contributed by atoms with Crippen LogP contribution in [0, 0.1) is 5.92 Å². The number of ketones is 1. The second kappa shape index (κ2) is 11.6. The molecule has 1 saturated heterocycles. The number of fused-ring (bicyclic) bond motifs is 1. The molecule has 2 aromatic carbocycles. The molecule has 0 spiro atoms. The van der Waals surface area contributed by atoms with Crippen molar-refractivity contribution in [2.24, 2.45) is 5.92 Å². The number of carbonyl (C=O) groups is 2. The van der Waals surface area contributed by atoms with Crippen LogP contribution in [0.4, 0.5) is 8.78 Å². The highest BCUT2D eigenvalue weighted by Gasteiger charge is 2.27. The molecule has 0 N–H and O–H groups in total. The maximum absolute atomic E-state index is 13.2. The summed E-state index contributed by atoms with van der Waals surface area (Å²) >= 11 is 0. The molecule has 1 aliphatic heterocycles. The number of halogens is 2. The van der Waals surface area contributed by atoms with Gasteiger partial charge in [-0.1, -0.05) is 12.1 Å². The summed E-state index contributed by atoms with van der Waals surface area (Å²) in [4.78, 5) is 27.6. The van der Waals surface area contributed by atoms with Crippen LogP contribution in [0.25, 0.3) is 10.9 Å². The van der Waals surface area contributed by atoms with E-state index in [0.717, 1.165) is 18.4 Å². The van der Waals surface area contributed by atoms with Gasteiger partial charge in [0.1, 0.15) is 5.75 Å². The molecule has 7 nitrogen and oxygen atoms in total. The number of amides is 1. The van der Waals surface area contributed by atoms with E-state index >= 15 is 0 Å². The van der Waals surface area contributed by atoms with Crippen LogP contribution in [0.2, 0.25) is 0 Å². The summed E-state index contributed by atoms with van der Waals surface area (Å²) < 4.78 is 38.0. The lowest BCUT2D eigenvalue weighted by Gasteiger charge is -2.32. The Bertz CT molecular complexity index is 1280. The smallest absolute Gasteiger partial charge is 0.387 e. The number of benzene rings is 2. The van der Waals surface area contributed by atoms with E-state index in [1.54, 1.807) is 24.1 Å². The second-order valence-electron chi connectivity index (χ2n) is 10.3. The molecule has 1 aromatic heterocycles. The number of ether oxygens (including phenoxy) is 2. The van der Waals surface area contributed by atoms with Gasteiger partial charge in [0, 0.05) is 51.5 Å². The number of rotatable bonds is 11. The molecule has 0 atom stereocenters. The van der Waals surface area contributed by atoms with E-state index in [4.69, 9.17) is 9.47 Å². The van der Waals surface area contributed by atoms with Crippen LogP contribution in [0.5, 0.6) is 5.75 Å². The fraction of sp³-hybridized carbons (Fsp3) is 0.483. The third-order valence-corrected chi connectivity index (χ3v) is 7.50. The van der Waals surface area contributed by atoms with E-state index in [1.165, 1.54) is 24.5 Å². The molecule has 202 valence electrons. The van der Waals surface area contributed by atoms with Crippen LogP contribution in [-0.4, -0.2) is 59.8 Å². The fourth-order valence-electron chi connectivity index (χ4n) is 5.24. The first-order valence-corrected chi connectivity index (χ1v) is 13.3. The normalized spacial score (nSPS) is 16.4. The average Bonchev–Trinajstić information content (AvgIpc) is 3.68. The minimum Gasteiger partial charge on any atom is -0.433 e. The van der Waals surface area contributed by atoms with Gasteiger partial charge in [0.05, 0.1) is 16.5 Å². The number of carbonyl (C=O) groups excluding carboxylic acids is 2. The zero-order valence-corrected chi connectivity index (χ0v) is 21.6.